The van der Waals surface area contributed by atoms with Crippen LogP contribution in [0.25, 0.3) is 0 Å². The lowest BCUT2D eigenvalue weighted by Gasteiger charge is -2.10. The third-order valence-corrected chi connectivity index (χ3v) is 2.04. The van der Waals surface area contributed by atoms with Crippen molar-refractivity contribution in [2.24, 2.45) is 5.73 Å². The maximum Gasteiger partial charge on any atom is 0.234 e. The number of hydrogen-bond donors (Lipinski definition) is 2. The molecule has 1 amide bonds. The smallest absolute Gasteiger partial charge is 0.234 e. The quantitative estimate of drug-likeness (QED) is 0.563. The van der Waals surface area contributed by atoms with Crippen molar-refractivity contribution in [1.82, 2.24) is 5.32 Å². The second-order valence-electron chi connectivity index (χ2n) is 3.09. The third kappa shape index (κ3) is 5.13. The lowest BCUT2D eigenvalue weighted by molar-refractivity contribution is -0.120. The molecule has 0 bridgehead atoms. The van der Waals surface area contributed by atoms with Gasteiger partial charge in [-0.1, -0.05) is 32.6 Å². The van der Waals surface area contributed by atoms with E-state index in [1.54, 1.807) is 7.05 Å². The van der Waals surface area contributed by atoms with Gasteiger partial charge in [0.05, 0.1) is 6.04 Å². The van der Waals surface area contributed by atoms with Crippen LogP contribution >= 0.6 is 0 Å². The van der Waals surface area contributed by atoms with Crippen LogP contribution in [0.3, 0.4) is 0 Å². The summed E-state index contributed by atoms with van der Waals surface area (Å²) in [4.78, 5) is 10.8. The van der Waals surface area contributed by atoms with Crippen LogP contribution in [0.5, 0.6) is 0 Å². The fourth-order valence-corrected chi connectivity index (χ4v) is 1.20. The number of amides is 1. The van der Waals surface area contributed by atoms with Crippen LogP contribution in [-0.2, 0) is 4.79 Å². The van der Waals surface area contributed by atoms with Crippen LogP contribution in [-0.4, -0.2) is 19.0 Å². The summed E-state index contributed by atoms with van der Waals surface area (Å²) in [5, 5.41) is 2.90. The zero-order chi connectivity index (χ0) is 9.40. The van der Waals surface area contributed by atoms with Gasteiger partial charge < -0.3 is 11.1 Å². The molecule has 0 aliphatic rings. The van der Waals surface area contributed by atoms with Crippen molar-refractivity contribution in [3.05, 3.63) is 0 Å². The summed E-state index contributed by atoms with van der Waals surface area (Å²) in [5.74, 6) is -0.242. The van der Waals surface area contributed by atoms with Gasteiger partial charge in [-0.2, -0.15) is 0 Å². The standard InChI is InChI=1S/C9H20N2O/c1-3-4-5-6-7-8(11-2)9(10)12/h8,11H,3-7H2,1-2H3,(H2,10,12). The van der Waals surface area contributed by atoms with Crippen molar-refractivity contribution in [2.75, 3.05) is 7.05 Å². The summed E-state index contributed by atoms with van der Waals surface area (Å²) in [6.07, 6.45) is 5.62. The van der Waals surface area contributed by atoms with Gasteiger partial charge >= 0.3 is 0 Å². The summed E-state index contributed by atoms with van der Waals surface area (Å²) in [6, 6.07) is -0.137. The number of likely N-dealkylation sites (N-methyl/N-ethyl adjacent to an activating group) is 1. The molecule has 0 aromatic carbocycles. The van der Waals surface area contributed by atoms with E-state index in [1.807, 2.05) is 0 Å². The fraction of sp³-hybridized carbons (Fsp3) is 0.889. The van der Waals surface area contributed by atoms with E-state index in [0.29, 0.717) is 0 Å². The Morgan fingerprint density at radius 3 is 2.50 bits per heavy atom. The Morgan fingerprint density at radius 1 is 1.42 bits per heavy atom. The van der Waals surface area contributed by atoms with Crippen molar-refractivity contribution in [1.29, 1.82) is 0 Å². The first-order chi connectivity index (χ1) is 5.72. The van der Waals surface area contributed by atoms with E-state index < -0.39 is 0 Å². The van der Waals surface area contributed by atoms with E-state index in [4.69, 9.17) is 5.73 Å². The molecule has 3 heteroatoms. The Bertz CT molecular complexity index is 126. The minimum absolute atomic E-state index is 0.137. The molecule has 0 saturated heterocycles. The van der Waals surface area contributed by atoms with E-state index in [0.717, 1.165) is 12.8 Å². The summed E-state index contributed by atoms with van der Waals surface area (Å²) in [5.41, 5.74) is 5.16. The lowest BCUT2D eigenvalue weighted by Crippen LogP contribution is -2.38. The monoisotopic (exact) mass is 172 g/mol. The number of primary amides is 1. The highest BCUT2D eigenvalue weighted by Crippen LogP contribution is 2.04. The van der Waals surface area contributed by atoms with Crippen LogP contribution in [0.15, 0.2) is 0 Å². The molecule has 0 rings (SSSR count). The van der Waals surface area contributed by atoms with Gasteiger partial charge in [0.25, 0.3) is 0 Å². The van der Waals surface area contributed by atoms with Gasteiger partial charge in [0.2, 0.25) is 5.91 Å². The summed E-state index contributed by atoms with van der Waals surface area (Å²) in [7, 11) is 1.77. The Kier molecular flexibility index (Phi) is 6.76. The summed E-state index contributed by atoms with van der Waals surface area (Å²) < 4.78 is 0. The number of hydrogen-bond acceptors (Lipinski definition) is 2. The number of carbonyl (C=O) groups is 1. The Morgan fingerprint density at radius 2 is 2.08 bits per heavy atom. The van der Waals surface area contributed by atoms with Gasteiger partial charge in [-0.3, -0.25) is 4.79 Å². The van der Waals surface area contributed by atoms with Crippen molar-refractivity contribution in [2.45, 2.75) is 45.1 Å². The van der Waals surface area contributed by atoms with Crippen molar-refractivity contribution in [3.63, 3.8) is 0 Å². The first-order valence-electron chi connectivity index (χ1n) is 4.69. The Labute approximate surface area is 74.7 Å². The lowest BCUT2D eigenvalue weighted by atomic mass is 10.1. The maximum absolute atomic E-state index is 10.8. The van der Waals surface area contributed by atoms with E-state index in [1.165, 1.54) is 19.3 Å². The van der Waals surface area contributed by atoms with Gasteiger partial charge in [0.15, 0.2) is 0 Å². The molecule has 0 aromatic rings. The summed E-state index contributed by atoms with van der Waals surface area (Å²) in [6.45, 7) is 2.17. The summed E-state index contributed by atoms with van der Waals surface area (Å²) >= 11 is 0. The van der Waals surface area contributed by atoms with Crippen LogP contribution < -0.4 is 11.1 Å². The zero-order valence-corrected chi connectivity index (χ0v) is 8.10. The predicted octanol–water partition coefficient (Wildman–Crippen LogP) is 1.03. The molecular weight excluding hydrogens is 152 g/mol. The molecule has 0 aromatic heterocycles. The van der Waals surface area contributed by atoms with E-state index in [-0.39, 0.29) is 11.9 Å². The number of nitrogens with one attached hydrogen (secondary N) is 1. The van der Waals surface area contributed by atoms with Gasteiger partial charge in [-0.25, -0.2) is 0 Å². The van der Waals surface area contributed by atoms with Crippen LogP contribution in [0.4, 0.5) is 0 Å². The van der Waals surface area contributed by atoms with E-state index in [2.05, 4.69) is 12.2 Å². The van der Waals surface area contributed by atoms with Gasteiger partial charge in [0, 0.05) is 0 Å². The highest BCUT2D eigenvalue weighted by atomic mass is 16.1. The highest BCUT2D eigenvalue weighted by molar-refractivity contribution is 5.79. The van der Waals surface area contributed by atoms with E-state index in [9.17, 15) is 4.79 Å². The molecule has 72 valence electrons. The SMILES string of the molecule is CCCCCCC(NC)C(N)=O. The molecule has 12 heavy (non-hydrogen) atoms. The number of unbranched alkanes of at least 4 members (excludes halogenated alkanes) is 3. The van der Waals surface area contributed by atoms with Crippen LogP contribution in [0.1, 0.15) is 39.0 Å². The second-order valence-corrected chi connectivity index (χ2v) is 3.09. The normalized spacial score (nSPS) is 12.8. The van der Waals surface area contributed by atoms with Crippen LogP contribution in [0.2, 0.25) is 0 Å². The van der Waals surface area contributed by atoms with Crippen molar-refractivity contribution >= 4 is 5.91 Å². The maximum atomic E-state index is 10.8. The average molecular weight is 172 g/mol. The highest BCUT2D eigenvalue weighted by Gasteiger charge is 2.10. The topological polar surface area (TPSA) is 55.1 Å². The molecular formula is C9H20N2O. The fourth-order valence-electron chi connectivity index (χ4n) is 1.20. The second kappa shape index (κ2) is 7.10. The molecule has 0 fully saturated rings. The van der Waals surface area contributed by atoms with E-state index >= 15 is 0 Å². The Balaban J connectivity index is 3.38. The number of carbonyl (C=O) groups excluding carboxylic acids is 1. The first-order valence-corrected chi connectivity index (χ1v) is 4.69. The van der Waals surface area contributed by atoms with Gasteiger partial charge in [-0.05, 0) is 13.5 Å². The molecule has 3 nitrogen and oxygen atoms in total. The molecule has 0 radical (unpaired) electrons. The Hall–Kier alpha value is -0.570. The predicted molar refractivity (Wildman–Crippen MR) is 50.8 cm³/mol. The molecule has 0 saturated carbocycles. The molecule has 0 spiro atoms. The molecule has 0 aliphatic heterocycles. The molecule has 0 aliphatic carbocycles. The van der Waals surface area contributed by atoms with Gasteiger partial charge in [-0.15, -0.1) is 0 Å². The number of rotatable bonds is 7. The number of nitrogens with two attached hydrogens (primary N) is 1. The molecule has 0 heterocycles. The molecule has 1 unspecified atom stereocenters. The average Bonchev–Trinajstić information content (AvgIpc) is 2.04. The van der Waals surface area contributed by atoms with Crippen LogP contribution in [0, 0.1) is 0 Å². The zero-order valence-electron chi connectivity index (χ0n) is 8.10. The first kappa shape index (κ1) is 11.4. The minimum atomic E-state index is -0.242. The molecule has 1 atom stereocenters. The van der Waals surface area contributed by atoms with Crippen molar-refractivity contribution in [3.8, 4) is 0 Å². The largest absolute Gasteiger partial charge is 0.368 e. The van der Waals surface area contributed by atoms with Gasteiger partial charge in [0.1, 0.15) is 0 Å². The van der Waals surface area contributed by atoms with Crippen molar-refractivity contribution < 1.29 is 4.79 Å². The third-order valence-electron chi connectivity index (χ3n) is 2.04. The molecule has 3 N–H and O–H groups in total. The minimum Gasteiger partial charge on any atom is -0.368 e.